The van der Waals surface area contributed by atoms with Gasteiger partial charge in [-0.3, -0.25) is 4.79 Å². The Morgan fingerprint density at radius 1 is 1.23 bits per heavy atom. The second kappa shape index (κ2) is 9.03. The highest BCUT2D eigenvalue weighted by molar-refractivity contribution is 6.30. The highest BCUT2D eigenvalue weighted by Crippen LogP contribution is 2.26. The summed E-state index contributed by atoms with van der Waals surface area (Å²) in [5.74, 6) is 0.741. The van der Waals surface area contributed by atoms with Crippen molar-refractivity contribution in [2.75, 3.05) is 40.0 Å². The number of benzene rings is 2. The Morgan fingerprint density at radius 3 is 2.77 bits per heavy atom. The van der Waals surface area contributed by atoms with Crippen LogP contribution in [0.4, 0.5) is 0 Å². The van der Waals surface area contributed by atoms with Crippen molar-refractivity contribution in [3.05, 3.63) is 64.7 Å². The quantitative estimate of drug-likeness (QED) is 0.789. The first kappa shape index (κ1) is 18.7. The molecule has 6 heteroatoms. The molecule has 0 bridgehead atoms. The molecule has 0 radical (unpaired) electrons. The van der Waals surface area contributed by atoms with Crippen molar-refractivity contribution in [2.24, 2.45) is 0 Å². The van der Waals surface area contributed by atoms with Crippen LogP contribution in [0.15, 0.2) is 48.5 Å². The summed E-state index contributed by atoms with van der Waals surface area (Å²) in [6.07, 6.45) is 0. The van der Waals surface area contributed by atoms with Gasteiger partial charge in [0, 0.05) is 37.3 Å². The Bertz CT molecular complexity index is 736. The molecular formula is C20H23ClN2O3. The largest absolute Gasteiger partial charge is 0.491 e. The van der Waals surface area contributed by atoms with Crippen LogP contribution in [0.5, 0.6) is 5.75 Å². The molecule has 1 fully saturated rings. The molecule has 0 aromatic heterocycles. The van der Waals surface area contributed by atoms with Crippen LogP contribution in [0.1, 0.15) is 22.0 Å². The molecule has 2 aromatic rings. The molecule has 0 aliphatic carbocycles. The number of ether oxygens (including phenoxy) is 2. The summed E-state index contributed by atoms with van der Waals surface area (Å²) in [4.78, 5) is 15.0. The maximum atomic E-state index is 13.0. The molecule has 5 nitrogen and oxygen atoms in total. The van der Waals surface area contributed by atoms with E-state index in [0.29, 0.717) is 36.9 Å². The number of halogens is 1. The number of nitrogens with one attached hydrogen (secondary N) is 1. The standard InChI is InChI=1S/C20H23ClN2O3/c1-25-11-12-26-18-7-5-15(6-8-18)20(24)23-10-9-22-14-19(23)16-3-2-4-17(21)13-16/h2-8,13,19,22H,9-12,14H2,1H3. The molecule has 1 saturated heterocycles. The molecule has 2 aromatic carbocycles. The molecule has 26 heavy (non-hydrogen) atoms. The Morgan fingerprint density at radius 2 is 2.04 bits per heavy atom. The smallest absolute Gasteiger partial charge is 0.254 e. The molecular weight excluding hydrogens is 352 g/mol. The Labute approximate surface area is 158 Å². The SMILES string of the molecule is COCCOc1ccc(C(=O)N2CCNCC2c2cccc(Cl)c2)cc1. The van der Waals surface area contributed by atoms with Gasteiger partial charge in [-0.25, -0.2) is 0 Å². The minimum Gasteiger partial charge on any atom is -0.491 e. The maximum Gasteiger partial charge on any atom is 0.254 e. The lowest BCUT2D eigenvalue weighted by atomic mass is 10.0. The summed E-state index contributed by atoms with van der Waals surface area (Å²) in [7, 11) is 1.63. The first-order valence-corrected chi connectivity index (χ1v) is 9.06. The number of amides is 1. The zero-order chi connectivity index (χ0) is 18.4. The molecule has 138 valence electrons. The number of rotatable bonds is 6. The van der Waals surface area contributed by atoms with E-state index in [1.54, 1.807) is 7.11 Å². The van der Waals surface area contributed by atoms with Crippen LogP contribution in [-0.4, -0.2) is 50.8 Å². The third kappa shape index (κ3) is 4.55. The van der Waals surface area contributed by atoms with Gasteiger partial charge in [0.2, 0.25) is 0 Å². The van der Waals surface area contributed by atoms with Crippen LogP contribution < -0.4 is 10.1 Å². The molecule has 1 aliphatic heterocycles. The summed E-state index contributed by atoms with van der Waals surface area (Å²) in [5.41, 5.74) is 1.69. The summed E-state index contributed by atoms with van der Waals surface area (Å²) in [5, 5.41) is 4.04. The number of methoxy groups -OCH3 is 1. The lowest BCUT2D eigenvalue weighted by Crippen LogP contribution is -2.48. The normalized spacial score (nSPS) is 17.2. The van der Waals surface area contributed by atoms with Gasteiger partial charge in [0.25, 0.3) is 5.91 Å². The maximum absolute atomic E-state index is 13.0. The third-order valence-electron chi connectivity index (χ3n) is 4.40. The van der Waals surface area contributed by atoms with E-state index in [0.717, 1.165) is 17.9 Å². The van der Waals surface area contributed by atoms with Gasteiger partial charge in [0.15, 0.2) is 0 Å². The first-order chi connectivity index (χ1) is 12.7. The van der Waals surface area contributed by atoms with E-state index in [9.17, 15) is 4.79 Å². The fraction of sp³-hybridized carbons (Fsp3) is 0.350. The van der Waals surface area contributed by atoms with Crippen LogP contribution >= 0.6 is 11.6 Å². The van der Waals surface area contributed by atoms with Crippen molar-refractivity contribution in [2.45, 2.75) is 6.04 Å². The third-order valence-corrected chi connectivity index (χ3v) is 4.63. The van der Waals surface area contributed by atoms with E-state index in [4.69, 9.17) is 21.1 Å². The van der Waals surface area contributed by atoms with Crippen molar-refractivity contribution in [1.82, 2.24) is 10.2 Å². The Kier molecular flexibility index (Phi) is 6.50. The van der Waals surface area contributed by atoms with Gasteiger partial charge in [0.1, 0.15) is 12.4 Å². The van der Waals surface area contributed by atoms with E-state index < -0.39 is 0 Å². The summed E-state index contributed by atoms with van der Waals surface area (Å²) >= 11 is 6.13. The average molecular weight is 375 g/mol. The number of nitrogens with zero attached hydrogens (tertiary/aromatic N) is 1. The van der Waals surface area contributed by atoms with Gasteiger partial charge in [-0.2, -0.15) is 0 Å². The lowest BCUT2D eigenvalue weighted by Gasteiger charge is -2.36. The van der Waals surface area contributed by atoms with Crippen molar-refractivity contribution in [3.8, 4) is 5.75 Å². The van der Waals surface area contributed by atoms with E-state index in [2.05, 4.69) is 5.32 Å². The van der Waals surface area contributed by atoms with E-state index in [1.807, 2.05) is 53.4 Å². The number of hydrogen-bond acceptors (Lipinski definition) is 4. The number of carbonyl (C=O) groups excluding carboxylic acids is 1. The minimum atomic E-state index is -0.0346. The predicted molar refractivity (Wildman–Crippen MR) is 102 cm³/mol. The topological polar surface area (TPSA) is 50.8 Å². The van der Waals surface area contributed by atoms with Crippen LogP contribution in [0, 0.1) is 0 Å². The van der Waals surface area contributed by atoms with Gasteiger partial charge >= 0.3 is 0 Å². The second-order valence-corrected chi connectivity index (χ2v) is 6.58. The molecule has 1 amide bonds. The fourth-order valence-electron chi connectivity index (χ4n) is 3.06. The van der Waals surface area contributed by atoms with Gasteiger partial charge < -0.3 is 19.7 Å². The highest BCUT2D eigenvalue weighted by Gasteiger charge is 2.28. The number of piperazine rings is 1. The molecule has 3 rings (SSSR count). The van der Waals surface area contributed by atoms with E-state index >= 15 is 0 Å². The first-order valence-electron chi connectivity index (χ1n) is 8.68. The predicted octanol–water partition coefficient (Wildman–Crippen LogP) is 3.15. The van der Waals surface area contributed by atoms with E-state index in [1.165, 1.54) is 0 Å². The molecule has 1 heterocycles. The molecule has 1 unspecified atom stereocenters. The molecule has 1 atom stereocenters. The average Bonchev–Trinajstić information content (AvgIpc) is 2.68. The van der Waals surface area contributed by atoms with Crippen molar-refractivity contribution >= 4 is 17.5 Å². The zero-order valence-electron chi connectivity index (χ0n) is 14.8. The van der Waals surface area contributed by atoms with E-state index in [-0.39, 0.29) is 11.9 Å². The van der Waals surface area contributed by atoms with Gasteiger partial charge in [-0.1, -0.05) is 23.7 Å². The highest BCUT2D eigenvalue weighted by atomic mass is 35.5. The van der Waals surface area contributed by atoms with Gasteiger partial charge in [0.05, 0.1) is 12.6 Å². The van der Waals surface area contributed by atoms with Gasteiger partial charge in [-0.05, 0) is 42.0 Å². The molecule has 1 N–H and O–H groups in total. The summed E-state index contributed by atoms with van der Waals surface area (Å²) in [6, 6.07) is 14.9. The fourth-order valence-corrected chi connectivity index (χ4v) is 3.26. The van der Waals surface area contributed by atoms with Crippen molar-refractivity contribution in [1.29, 1.82) is 0 Å². The van der Waals surface area contributed by atoms with Crippen LogP contribution in [0.3, 0.4) is 0 Å². The molecule has 0 saturated carbocycles. The summed E-state index contributed by atoms with van der Waals surface area (Å²) in [6.45, 7) is 3.16. The molecule has 1 aliphatic rings. The van der Waals surface area contributed by atoms with Crippen LogP contribution in [-0.2, 0) is 4.74 Å². The van der Waals surface area contributed by atoms with Gasteiger partial charge in [-0.15, -0.1) is 0 Å². The lowest BCUT2D eigenvalue weighted by molar-refractivity contribution is 0.0634. The second-order valence-electron chi connectivity index (χ2n) is 6.14. The number of carbonyl (C=O) groups is 1. The van der Waals surface area contributed by atoms with Crippen molar-refractivity contribution < 1.29 is 14.3 Å². The van der Waals surface area contributed by atoms with Crippen molar-refractivity contribution in [3.63, 3.8) is 0 Å². The zero-order valence-corrected chi connectivity index (χ0v) is 15.5. The Balaban J connectivity index is 1.74. The van der Waals surface area contributed by atoms with Crippen LogP contribution in [0.2, 0.25) is 5.02 Å². The van der Waals surface area contributed by atoms with Crippen LogP contribution in [0.25, 0.3) is 0 Å². The number of hydrogen-bond donors (Lipinski definition) is 1. The summed E-state index contributed by atoms with van der Waals surface area (Å²) < 4.78 is 10.5. The monoisotopic (exact) mass is 374 g/mol. The Hall–Kier alpha value is -2.08. The minimum absolute atomic E-state index is 0.0138. The molecule has 0 spiro atoms.